The maximum absolute atomic E-state index is 12.8. The van der Waals surface area contributed by atoms with Gasteiger partial charge in [0.1, 0.15) is 17.1 Å². The van der Waals surface area contributed by atoms with Crippen LogP contribution >= 0.6 is 0 Å². The highest BCUT2D eigenvalue weighted by Crippen LogP contribution is 2.35. The van der Waals surface area contributed by atoms with Gasteiger partial charge in [0.2, 0.25) is 0 Å². The van der Waals surface area contributed by atoms with Crippen molar-refractivity contribution in [2.75, 3.05) is 17.7 Å². The van der Waals surface area contributed by atoms with Gasteiger partial charge in [0.25, 0.3) is 5.91 Å². The molecule has 0 aliphatic carbocycles. The quantitative estimate of drug-likeness (QED) is 0.381. The number of nitrogens with one attached hydrogen (secondary N) is 1. The number of anilines is 1. The number of nitrogens with zero attached hydrogens (tertiary/aromatic N) is 4. The maximum atomic E-state index is 12.8. The van der Waals surface area contributed by atoms with Crippen LogP contribution < -0.4 is 11.2 Å². The summed E-state index contributed by atoms with van der Waals surface area (Å²) >= 11 is 0. The first kappa shape index (κ1) is 27.6. The molecule has 0 radical (unpaired) electrons. The Bertz CT molecular complexity index is 1390. The van der Waals surface area contributed by atoms with Crippen LogP contribution in [0.3, 0.4) is 0 Å². The summed E-state index contributed by atoms with van der Waals surface area (Å²) in [6, 6.07) is 9.60. The zero-order valence-electron chi connectivity index (χ0n) is 22.8. The number of carbonyl (C=O) groups excluding carboxylic acids is 2. The van der Waals surface area contributed by atoms with Crippen molar-refractivity contribution >= 4 is 23.8 Å². The number of benzene rings is 1. The third-order valence-corrected chi connectivity index (χ3v) is 6.43. The molecule has 4 N–H and O–H groups in total. The van der Waals surface area contributed by atoms with Crippen molar-refractivity contribution in [1.82, 2.24) is 19.5 Å². The molecule has 1 saturated heterocycles. The molecule has 11 heteroatoms. The summed E-state index contributed by atoms with van der Waals surface area (Å²) in [7, 11) is 0. The van der Waals surface area contributed by atoms with Crippen LogP contribution in [0.25, 0.3) is 11.3 Å². The number of hydrogen-bond donors (Lipinski definition) is 3. The van der Waals surface area contributed by atoms with Gasteiger partial charge in [-0.1, -0.05) is 26.0 Å². The SMILES string of the molecule is CC(C)c1ccnc(NC(=O)c2ccc(-c3nc(C4CCCN4C(=O)OC(C)(C)C)n(N)c3C(=O)O)cc2)c1. The molecule has 2 aromatic heterocycles. The number of carboxylic acids is 1. The third kappa shape index (κ3) is 6.02. The molecule has 4 rings (SSSR count). The van der Waals surface area contributed by atoms with Gasteiger partial charge in [-0.25, -0.2) is 24.2 Å². The average molecular weight is 535 g/mol. The molecule has 11 nitrogen and oxygen atoms in total. The van der Waals surface area contributed by atoms with E-state index in [2.05, 4.69) is 29.1 Å². The largest absolute Gasteiger partial charge is 0.476 e. The van der Waals surface area contributed by atoms with E-state index in [1.165, 1.54) is 4.90 Å². The molecule has 3 aromatic rings. The first-order chi connectivity index (χ1) is 18.4. The Kier molecular flexibility index (Phi) is 7.62. The number of carbonyl (C=O) groups is 3. The molecule has 1 aliphatic rings. The lowest BCUT2D eigenvalue weighted by atomic mass is 10.0. The molecule has 39 heavy (non-hydrogen) atoms. The van der Waals surface area contributed by atoms with E-state index in [1.807, 2.05) is 12.1 Å². The molecule has 1 unspecified atom stereocenters. The van der Waals surface area contributed by atoms with Crippen molar-refractivity contribution in [2.24, 2.45) is 0 Å². The van der Waals surface area contributed by atoms with Crippen molar-refractivity contribution in [3.8, 4) is 11.3 Å². The molecule has 1 fully saturated rings. The number of hydrogen-bond acceptors (Lipinski definition) is 7. The van der Waals surface area contributed by atoms with Crippen LogP contribution in [0.5, 0.6) is 0 Å². The normalized spacial score (nSPS) is 15.4. The highest BCUT2D eigenvalue weighted by Gasteiger charge is 2.37. The van der Waals surface area contributed by atoms with Crippen LogP contribution in [0.2, 0.25) is 0 Å². The maximum Gasteiger partial charge on any atom is 0.410 e. The molecular weight excluding hydrogens is 500 g/mol. The predicted octanol–water partition coefficient (Wildman–Crippen LogP) is 4.80. The fourth-order valence-electron chi connectivity index (χ4n) is 4.51. The van der Waals surface area contributed by atoms with Crippen molar-refractivity contribution in [1.29, 1.82) is 0 Å². The first-order valence-electron chi connectivity index (χ1n) is 12.8. The van der Waals surface area contributed by atoms with Gasteiger partial charge >= 0.3 is 12.1 Å². The van der Waals surface area contributed by atoms with Gasteiger partial charge in [-0.2, -0.15) is 0 Å². The second-order valence-corrected chi connectivity index (χ2v) is 10.8. The van der Waals surface area contributed by atoms with E-state index in [9.17, 15) is 19.5 Å². The molecular formula is C28H34N6O5. The lowest BCUT2D eigenvalue weighted by Gasteiger charge is -2.28. The summed E-state index contributed by atoms with van der Waals surface area (Å²) in [6.07, 6.45) is 2.41. The van der Waals surface area contributed by atoms with Crippen LogP contribution in [0.4, 0.5) is 10.6 Å². The number of likely N-dealkylation sites (tertiary alicyclic amines) is 1. The second kappa shape index (κ2) is 10.8. The van der Waals surface area contributed by atoms with Crippen molar-refractivity contribution in [2.45, 2.75) is 65.0 Å². The van der Waals surface area contributed by atoms with Crippen LogP contribution in [0, 0.1) is 0 Å². The number of carboxylic acid groups (broad SMARTS) is 1. The number of nitrogen functional groups attached to an aromatic ring is 1. The topological polar surface area (TPSA) is 153 Å². The zero-order chi connectivity index (χ0) is 28.5. The fourth-order valence-corrected chi connectivity index (χ4v) is 4.51. The first-order valence-corrected chi connectivity index (χ1v) is 12.8. The molecule has 1 aromatic carbocycles. The molecule has 0 spiro atoms. The molecule has 1 aliphatic heterocycles. The van der Waals surface area contributed by atoms with E-state index in [0.717, 1.165) is 10.2 Å². The van der Waals surface area contributed by atoms with Gasteiger partial charge in [0, 0.05) is 23.9 Å². The predicted molar refractivity (Wildman–Crippen MR) is 146 cm³/mol. The van der Waals surface area contributed by atoms with Gasteiger partial charge in [-0.05, 0) is 69.4 Å². The molecule has 1 atom stereocenters. The second-order valence-electron chi connectivity index (χ2n) is 10.8. The molecule has 0 bridgehead atoms. The minimum Gasteiger partial charge on any atom is -0.476 e. The Morgan fingerprint density at radius 3 is 2.46 bits per heavy atom. The number of imidazole rings is 1. The number of pyridine rings is 1. The van der Waals surface area contributed by atoms with Crippen molar-refractivity contribution < 1.29 is 24.2 Å². The summed E-state index contributed by atoms with van der Waals surface area (Å²) in [4.78, 5) is 48.1. The number of rotatable bonds is 6. The van der Waals surface area contributed by atoms with Crippen LogP contribution in [0.1, 0.15) is 91.7 Å². The average Bonchev–Trinajstić information content (AvgIpc) is 3.48. The summed E-state index contributed by atoms with van der Waals surface area (Å²) < 4.78 is 6.56. The molecule has 0 saturated carbocycles. The van der Waals surface area contributed by atoms with E-state index < -0.39 is 23.7 Å². The Morgan fingerprint density at radius 1 is 1.15 bits per heavy atom. The number of ether oxygens (including phenoxy) is 1. The fraction of sp³-hybridized carbons (Fsp3) is 0.393. The Hall–Kier alpha value is -4.41. The van der Waals surface area contributed by atoms with Crippen LogP contribution in [-0.4, -0.2) is 54.8 Å². The van der Waals surface area contributed by atoms with Gasteiger partial charge in [-0.3, -0.25) is 9.69 Å². The highest BCUT2D eigenvalue weighted by molar-refractivity contribution is 6.04. The molecule has 3 heterocycles. The summed E-state index contributed by atoms with van der Waals surface area (Å²) in [5.41, 5.74) is 1.14. The minimum atomic E-state index is -1.26. The van der Waals surface area contributed by atoms with Gasteiger partial charge in [-0.15, -0.1) is 0 Å². The Labute approximate surface area is 227 Å². The van der Waals surface area contributed by atoms with E-state index in [1.54, 1.807) is 51.2 Å². The monoisotopic (exact) mass is 534 g/mol. The number of nitrogens with two attached hydrogens (primary N) is 1. The zero-order valence-corrected chi connectivity index (χ0v) is 22.8. The van der Waals surface area contributed by atoms with Crippen LogP contribution in [-0.2, 0) is 4.74 Å². The number of aromatic nitrogens is 3. The molecule has 206 valence electrons. The Balaban J connectivity index is 1.60. The number of amides is 2. The van der Waals surface area contributed by atoms with Crippen molar-refractivity contribution in [3.63, 3.8) is 0 Å². The highest BCUT2D eigenvalue weighted by atomic mass is 16.6. The van der Waals surface area contributed by atoms with E-state index in [-0.39, 0.29) is 23.1 Å². The third-order valence-electron chi connectivity index (χ3n) is 6.43. The lowest BCUT2D eigenvalue weighted by Crippen LogP contribution is -2.37. The smallest absolute Gasteiger partial charge is 0.410 e. The van der Waals surface area contributed by atoms with Crippen molar-refractivity contribution in [3.05, 3.63) is 65.2 Å². The van der Waals surface area contributed by atoms with Gasteiger partial charge < -0.3 is 21.0 Å². The summed E-state index contributed by atoms with van der Waals surface area (Å²) in [6.45, 7) is 9.90. The van der Waals surface area contributed by atoms with E-state index in [4.69, 9.17) is 10.6 Å². The van der Waals surface area contributed by atoms with E-state index >= 15 is 0 Å². The Morgan fingerprint density at radius 2 is 1.85 bits per heavy atom. The summed E-state index contributed by atoms with van der Waals surface area (Å²) in [5, 5.41) is 12.7. The van der Waals surface area contributed by atoms with Crippen LogP contribution in [0.15, 0.2) is 42.6 Å². The lowest BCUT2D eigenvalue weighted by molar-refractivity contribution is 0.0217. The summed E-state index contributed by atoms with van der Waals surface area (Å²) in [5.74, 6) is 5.61. The van der Waals surface area contributed by atoms with E-state index in [0.29, 0.717) is 42.2 Å². The standard InChI is InChI=1S/C28H34N6O5/c1-16(2)19-12-13-30-21(15-19)31-25(35)18-10-8-17(9-11-18)22-23(26(36)37)34(29)24(32-22)20-7-6-14-33(20)27(38)39-28(3,4)5/h8-13,15-16,20H,6-7,14,29H2,1-5H3,(H,36,37)(H,30,31,35). The number of aromatic carboxylic acids is 1. The minimum absolute atomic E-state index is 0.147. The molecule has 2 amide bonds. The van der Waals surface area contributed by atoms with Gasteiger partial charge in [0.15, 0.2) is 11.5 Å². The van der Waals surface area contributed by atoms with Gasteiger partial charge in [0.05, 0.1) is 6.04 Å².